The number of thioether (sulfide) groups is 1. The zero-order valence-electron chi connectivity index (χ0n) is 15.6. The van der Waals surface area contributed by atoms with Gasteiger partial charge in [-0.15, -0.1) is 11.8 Å². The molecule has 4 N–H and O–H groups in total. The van der Waals surface area contributed by atoms with Gasteiger partial charge in [0.2, 0.25) is 11.8 Å². The minimum atomic E-state index is -0.346. The summed E-state index contributed by atoms with van der Waals surface area (Å²) in [6.45, 7) is 1.83. The Balaban J connectivity index is 1.45. The van der Waals surface area contributed by atoms with Gasteiger partial charge in [0.15, 0.2) is 0 Å². The first kappa shape index (κ1) is 20.1. The highest BCUT2D eigenvalue weighted by molar-refractivity contribution is 8.01. The molecule has 3 rings (SSSR count). The van der Waals surface area contributed by atoms with Crippen molar-refractivity contribution in [3.8, 4) is 0 Å². The molecule has 0 heterocycles. The van der Waals surface area contributed by atoms with E-state index in [1.54, 1.807) is 0 Å². The highest BCUT2D eigenvalue weighted by atomic mass is 32.2. The van der Waals surface area contributed by atoms with Gasteiger partial charge >= 0.3 is 0 Å². The predicted molar refractivity (Wildman–Crippen MR) is 107 cm³/mol. The molecule has 1 aromatic carbocycles. The number of halogens is 1. The van der Waals surface area contributed by atoms with Crippen molar-refractivity contribution in [2.75, 3.05) is 11.1 Å². The Hall–Kier alpha value is -1.60. The molecule has 0 aliphatic heterocycles. The van der Waals surface area contributed by atoms with Crippen molar-refractivity contribution in [1.29, 1.82) is 0 Å². The lowest BCUT2D eigenvalue weighted by Crippen LogP contribution is -2.55. The van der Waals surface area contributed by atoms with Crippen LogP contribution in [0.4, 0.5) is 10.1 Å². The quantitative estimate of drug-likeness (QED) is 0.694. The van der Waals surface area contributed by atoms with Crippen LogP contribution in [0.25, 0.3) is 0 Å². The van der Waals surface area contributed by atoms with Crippen LogP contribution < -0.4 is 16.4 Å². The summed E-state index contributed by atoms with van der Waals surface area (Å²) in [6, 6.07) is 6.11. The number of rotatable bonds is 6. The largest absolute Gasteiger partial charge is 0.352 e. The van der Waals surface area contributed by atoms with Gasteiger partial charge in [-0.2, -0.15) is 0 Å². The van der Waals surface area contributed by atoms with Gasteiger partial charge in [0.05, 0.1) is 11.0 Å². The standard InChI is InChI=1S/C20H28FN3O2S/c1-12(27-11-18(25)23-17-7-5-15(21)6-8-17)20(26)24-19-13-3-2-4-14(19)10-16(22)9-13/h5-8,12-14,16,19H,2-4,9-11,22H2,1H3,(H,23,25)(H,24,26). The van der Waals surface area contributed by atoms with Crippen molar-refractivity contribution in [2.24, 2.45) is 17.6 Å². The van der Waals surface area contributed by atoms with Crippen molar-refractivity contribution in [3.63, 3.8) is 0 Å². The van der Waals surface area contributed by atoms with Gasteiger partial charge in [-0.3, -0.25) is 9.59 Å². The molecule has 5 nitrogen and oxygen atoms in total. The summed E-state index contributed by atoms with van der Waals surface area (Å²) < 4.78 is 12.9. The van der Waals surface area contributed by atoms with E-state index in [2.05, 4.69) is 10.6 Å². The van der Waals surface area contributed by atoms with Crippen LogP contribution in [-0.2, 0) is 9.59 Å². The van der Waals surface area contributed by atoms with Gasteiger partial charge in [-0.05, 0) is 68.7 Å². The molecular weight excluding hydrogens is 365 g/mol. The number of nitrogens with one attached hydrogen (secondary N) is 2. The summed E-state index contributed by atoms with van der Waals surface area (Å²) in [5.74, 6) is 0.583. The van der Waals surface area contributed by atoms with Crippen LogP contribution in [0.5, 0.6) is 0 Å². The molecule has 2 amide bonds. The first-order valence-electron chi connectivity index (χ1n) is 9.65. The van der Waals surface area contributed by atoms with E-state index in [1.807, 2.05) is 6.92 Å². The number of carbonyl (C=O) groups excluding carboxylic acids is 2. The van der Waals surface area contributed by atoms with Crippen LogP contribution in [-0.4, -0.2) is 34.9 Å². The smallest absolute Gasteiger partial charge is 0.234 e. The fourth-order valence-electron chi connectivity index (χ4n) is 4.31. The second-order valence-corrected chi connectivity index (χ2v) is 9.05. The van der Waals surface area contributed by atoms with E-state index in [9.17, 15) is 14.0 Å². The lowest BCUT2D eigenvalue weighted by atomic mass is 9.67. The summed E-state index contributed by atoms with van der Waals surface area (Å²) in [4.78, 5) is 24.6. The summed E-state index contributed by atoms with van der Waals surface area (Å²) in [7, 11) is 0. The molecule has 2 aliphatic carbocycles. The van der Waals surface area contributed by atoms with Crippen molar-refractivity contribution in [3.05, 3.63) is 30.1 Å². The Morgan fingerprint density at radius 3 is 2.48 bits per heavy atom. The van der Waals surface area contributed by atoms with Crippen molar-refractivity contribution in [2.45, 2.75) is 56.4 Å². The van der Waals surface area contributed by atoms with Crippen LogP contribution in [0.15, 0.2) is 24.3 Å². The zero-order chi connectivity index (χ0) is 19.4. The Morgan fingerprint density at radius 2 is 1.85 bits per heavy atom. The molecule has 2 fully saturated rings. The molecule has 0 radical (unpaired) electrons. The van der Waals surface area contributed by atoms with E-state index in [4.69, 9.17) is 5.73 Å². The maximum absolute atomic E-state index is 12.9. The molecule has 3 unspecified atom stereocenters. The molecule has 0 spiro atoms. The van der Waals surface area contributed by atoms with Crippen molar-refractivity contribution < 1.29 is 14.0 Å². The Morgan fingerprint density at radius 1 is 1.22 bits per heavy atom. The van der Waals surface area contributed by atoms with Crippen LogP contribution in [0.2, 0.25) is 0 Å². The van der Waals surface area contributed by atoms with Crippen molar-refractivity contribution >= 4 is 29.3 Å². The third kappa shape index (κ3) is 5.45. The number of nitrogens with two attached hydrogens (primary N) is 1. The van der Waals surface area contributed by atoms with E-state index < -0.39 is 0 Å². The lowest BCUT2D eigenvalue weighted by Gasteiger charge is -2.45. The molecule has 7 heteroatoms. The number of fused-ring (bicyclic) bond motifs is 2. The minimum absolute atomic E-state index is 0.00745. The molecule has 0 aromatic heterocycles. The molecule has 0 saturated heterocycles. The third-order valence-corrected chi connectivity index (χ3v) is 6.79. The van der Waals surface area contributed by atoms with Crippen molar-refractivity contribution in [1.82, 2.24) is 5.32 Å². The molecule has 27 heavy (non-hydrogen) atoms. The molecule has 2 bridgehead atoms. The SMILES string of the molecule is CC(SCC(=O)Nc1ccc(F)cc1)C(=O)NC1C2CCCC1CC(N)C2. The van der Waals surface area contributed by atoms with Gasteiger partial charge in [0.1, 0.15) is 5.82 Å². The maximum atomic E-state index is 12.9. The first-order chi connectivity index (χ1) is 12.9. The Bertz CT molecular complexity index is 656. The van der Waals surface area contributed by atoms with Crippen LogP contribution in [0.1, 0.15) is 39.0 Å². The molecule has 148 valence electrons. The number of hydrogen-bond acceptors (Lipinski definition) is 4. The van der Waals surface area contributed by atoms with E-state index >= 15 is 0 Å². The second kappa shape index (κ2) is 9.06. The van der Waals surface area contributed by atoms with Crippen LogP contribution >= 0.6 is 11.8 Å². The summed E-state index contributed by atoms with van der Waals surface area (Å²) in [6.07, 6.45) is 5.47. The molecular formula is C20H28FN3O2S. The third-order valence-electron chi connectivity index (χ3n) is 5.65. The fraction of sp³-hybridized carbons (Fsp3) is 0.600. The second-order valence-electron chi connectivity index (χ2n) is 7.73. The summed E-state index contributed by atoms with van der Waals surface area (Å²) >= 11 is 1.31. The average molecular weight is 394 g/mol. The monoisotopic (exact) mass is 393 g/mol. The van der Waals surface area contributed by atoms with Gasteiger partial charge in [-0.25, -0.2) is 4.39 Å². The van der Waals surface area contributed by atoms with Gasteiger partial charge in [0, 0.05) is 17.8 Å². The summed E-state index contributed by atoms with van der Waals surface area (Å²) in [5.41, 5.74) is 6.70. The molecule has 1 aromatic rings. The Labute approximate surface area is 164 Å². The van der Waals surface area contributed by atoms with Gasteiger partial charge in [-0.1, -0.05) is 6.42 Å². The van der Waals surface area contributed by atoms with E-state index in [0.717, 1.165) is 25.7 Å². The number of amides is 2. The van der Waals surface area contributed by atoms with E-state index in [0.29, 0.717) is 17.5 Å². The number of hydrogen-bond donors (Lipinski definition) is 3. The lowest BCUT2D eigenvalue weighted by molar-refractivity contribution is -0.122. The average Bonchev–Trinajstić information content (AvgIpc) is 2.62. The molecule has 2 saturated carbocycles. The van der Waals surface area contributed by atoms with Crippen LogP contribution in [0, 0.1) is 17.7 Å². The van der Waals surface area contributed by atoms with Gasteiger partial charge in [0.25, 0.3) is 0 Å². The molecule has 3 atom stereocenters. The van der Waals surface area contributed by atoms with E-state index in [1.165, 1.54) is 42.4 Å². The maximum Gasteiger partial charge on any atom is 0.234 e. The highest BCUT2D eigenvalue weighted by Gasteiger charge is 2.40. The predicted octanol–water partition coefficient (Wildman–Crippen LogP) is 2.91. The number of carbonyl (C=O) groups is 2. The van der Waals surface area contributed by atoms with Gasteiger partial charge < -0.3 is 16.4 Å². The zero-order valence-corrected chi connectivity index (χ0v) is 16.4. The van der Waals surface area contributed by atoms with E-state index in [-0.39, 0.29) is 40.7 Å². The first-order valence-corrected chi connectivity index (χ1v) is 10.7. The normalized spacial score (nSPS) is 28.3. The minimum Gasteiger partial charge on any atom is -0.352 e. The summed E-state index contributed by atoms with van der Waals surface area (Å²) in [5, 5.41) is 5.64. The number of anilines is 1. The Kier molecular flexibility index (Phi) is 6.76. The topological polar surface area (TPSA) is 84.2 Å². The highest BCUT2D eigenvalue weighted by Crippen LogP contribution is 2.39. The molecule has 2 aliphatic rings. The van der Waals surface area contributed by atoms with Crippen LogP contribution in [0.3, 0.4) is 0 Å². The number of benzene rings is 1. The fourth-order valence-corrected chi connectivity index (χ4v) is 5.01.